The Balaban J connectivity index is 2.36. The molecule has 2 rings (SSSR count). The molecular weight excluding hydrogens is 256 g/mol. The lowest BCUT2D eigenvalue weighted by molar-refractivity contribution is 0.411. The third-order valence-corrected chi connectivity index (χ3v) is 4.07. The lowest BCUT2D eigenvalue weighted by atomic mass is 10.0. The number of nitrogens with one attached hydrogen (secondary N) is 1. The van der Waals surface area contributed by atoms with E-state index in [2.05, 4.69) is 41.7 Å². The Hall–Kier alpha value is -1.39. The lowest BCUT2D eigenvalue weighted by Gasteiger charge is -2.17. The van der Waals surface area contributed by atoms with Gasteiger partial charge in [-0.25, -0.2) is 4.98 Å². The molecule has 0 saturated heterocycles. The summed E-state index contributed by atoms with van der Waals surface area (Å²) in [5, 5.41) is 6.71. The molecule has 1 aromatic heterocycles. The minimum atomic E-state index is 0.160. The van der Waals surface area contributed by atoms with Crippen molar-refractivity contribution in [2.75, 3.05) is 13.7 Å². The van der Waals surface area contributed by atoms with Gasteiger partial charge in [0, 0.05) is 11.1 Å². The first-order valence-electron chi connectivity index (χ1n) is 6.45. The van der Waals surface area contributed by atoms with Crippen LogP contribution < -0.4 is 10.1 Å². The van der Waals surface area contributed by atoms with Crippen molar-refractivity contribution in [2.24, 2.45) is 0 Å². The van der Waals surface area contributed by atoms with Crippen molar-refractivity contribution in [3.8, 4) is 5.75 Å². The summed E-state index contributed by atoms with van der Waals surface area (Å²) < 4.78 is 5.32. The van der Waals surface area contributed by atoms with Crippen molar-refractivity contribution in [3.63, 3.8) is 0 Å². The van der Waals surface area contributed by atoms with Gasteiger partial charge in [-0.1, -0.05) is 19.1 Å². The number of aryl methyl sites for hydroxylation is 2. The molecule has 1 N–H and O–H groups in total. The number of benzene rings is 1. The number of rotatable bonds is 5. The van der Waals surface area contributed by atoms with E-state index in [9.17, 15) is 0 Å². The van der Waals surface area contributed by atoms with Crippen LogP contribution in [0.25, 0.3) is 0 Å². The van der Waals surface area contributed by atoms with E-state index in [-0.39, 0.29) is 6.04 Å². The Morgan fingerprint density at radius 3 is 2.68 bits per heavy atom. The van der Waals surface area contributed by atoms with Gasteiger partial charge in [0.05, 0.1) is 13.2 Å². The number of thiazole rings is 1. The van der Waals surface area contributed by atoms with Crippen LogP contribution in [0.15, 0.2) is 23.6 Å². The summed E-state index contributed by atoms with van der Waals surface area (Å²) in [5.41, 5.74) is 3.46. The molecule has 0 fully saturated rings. The summed E-state index contributed by atoms with van der Waals surface area (Å²) in [6, 6.07) is 6.46. The monoisotopic (exact) mass is 276 g/mol. The molecule has 19 heavy (non-hydrogen) atoms. The molecule has 102 valence electrons. The summed E-state index contributed by atoms with van der Waals surface area (Å²) in [6.45, 7) is 7.12. The Morgan fingerprint density at radius 2 is 2.16 bits per heavy atom. The van der Waals surface area contributed by atoms with E-state index in [4.69, 9.17) is 4.74 Å². The van der Waals surface area contributed by atoms with Crippen LogP contribution in [0, 0.1) is 13.8 Å². The fourth-order valence-corrected chi connectivity index (χ4v) is 3.03. The number of hydrogen-bond donors (Lipinski definition) is 1. The first-order chi connectivity index (χ1) is 9.15. The van der Waals surface area contributed by atoms with E-state index in [0.29, 0.717) is 0 Å². The van der Waals surface area contributed by atoms with Crippen molar-refractivity contribution < 1.29 is 4.74 Å². The summed E-state index contributed by atoms with van der Waals surface area (Å²) in [4.78, 5) is 4.60. The largest absolute Gasteiger partial charge is 0.496 e. The molecule has 1 atom stereocenters. The highest BCUT2D eigenvalue weighted by atomic mass is 32.1. The molecule has 0 saturated carbocycles. The van der Waals surface area contributed by atoms with Gasteiger partial charge >= 0.3 is 0 Å². The molecule has 1 aromatic carbocycles. The molecule has 0 aliphatic rings. The second-order valence-electron chi connectivity index (χ2n) is 4.55. The third-order valence-electron chi connectivity index (χ3n) is 3.04. The topological polar surface area (TPSA) is 34.1 Å². The summed E-state index contributed by atoms with van der Waals surface area (Å²) in [5.74, 6) is 0.925. The maximum Gasteiger partial charge on any atom is 0.121 e. The molecule has 0 radical (unpaired) electrons. The second kappa shape index (κ2) is 6.17. The van der Waals surface area contributed by atoms with Crippen LogP contribution in [0.4, 0.5) is 0 Å². The predicted molar refractivity (Wildman–Crippen MR) is 80.1 cm³/mol. The number of aromatic nitrogens is 1. The molecule has 3 nitrogen and oxygen atoms in total. The van der Waals surface area contributed by atoms with Crippen LogP contribution in [0.5, 0.6) is 5.75 Å². The minimum absolute atomic E-state index is 0.160. The molecule has 1 heterocycles. The van der Waals surface area contributed by atoms with Crippen LogP contribution >= 0.6 is 11.3 Å². The van der Waals surface area contributed by atoms with Gasteiger partial charge in [-0.3, -0.25) is 0 Å². The van der Waals surface area contributed by atoms with Gasteiger partial charge in [0.15, 0.2) is 0 Å². The molecule has 0 amide bonds. The average molecular weight is 276 g/mol. The predicted octanol–water partition coefficient (Wildman–Crippen LogP) is 3.47. The molecular formula is C15H20N2OS. The number of hydrogen-bond acceptors (Lipinski definition) is 4. The molecule has 1 unspecified atom stereocenters. The van der Waals surface area contributed by atoms with E-state index in [1.54, 1.807) is 18.4 Å². The van der Waals surface area contributed by atoms with Gasteiger partial charge in [-0.15, -0.1) is 11.3 Å². The molecule has 0 spiro atoms. The SMILES string of the molecule is CCNC(c1ccc(OC)c(C)c1)c1nc(C)cs1. The molecule has 0 aliphatic carbocycles. The third kappa shape index (κ3) is 3.14. The lowest BCUT2D eigenvalue weighted by Crippen LogP contribution is -2.22. The van der Waals surface area contributed by atoms with Gasteiger partial charge in [-0.05, 0) is 37.6 Å². The van der Waals surface area contributed by atoms with Gasteiger partial charge in [0.1, 0.15) is 10.8 Å². The zero-order valence-corrected chi connectivity index (χ0v) is 12.7. The van der Waals surface area contributed by atoms with Crippen LogP contribution in [0.3, 0.4) is 0 Å². The summed E-state index contributed by atoms with van der Waals surface area (Å²) >= 11 is 1.70. The average Bonchev–Trinajstić information content (AvgIpc) is 2.82. The molecule has 0 bridgehead atoms. The Morgan fingerprint density at radius 1 is 1.37 bits per heavy atom. The van der Waals surface area contributed by atoms with Crippen LogP contribution in [-0.4, -0.2) is 18.6 Å². The first-order valence-corrected chi connectivity index (χ1v) is 7.33. The highest BCUT2D eigenvalue weighted by molar-refractivity contribution is 7.09. The van der Waals surface area contributed by atoms with Crippen molar-refractivity contribution in [1.29, 1.82) is 0 Å². The number of ether oxygens (including phenoxy) is 1. The highest BCUT2D eigenvalue weighted by Crippen LogP contribution is 2.28. The van der Waals surface area contributed by atoms with Crippen LogP contribution in [0.1, 0.15) is 34.8 Å². The molecule has 0 aliphatic heterocycles. The summed E-state index contributed by atoms with van der Waals surface area (Å²) in [6.07, 6.45) is 0. The zero-order chi connectivity index (χ0) is 13.8. The van der Waals surface area contributed by atoms with Gasteiger partial charge in [0.2, 0.25) is 0 Å². The van der Waals surface area contributed by atoms with E-state index < -0.39 is 0 Å². The first kappa shape index (κ1) is 14.0. The Bertz CT molecular complexity index is 551. The maximum atomic E-state index is 5.32. The van der Waals surface area contributed by atoms with Gasteiger partial charge < -0.3 is 10.1 Å². The normalized spacial score (nSPS) is 12.4. The van der Waals surface area contributed by atoms with Crippen molar-refractivity contribution in [3.05, 3.63) is 45.4 Å². The summed E-state index contributed by atoms with van der Waals surface area (Å²) in [7, 11) is 1.70. The minimum Gasteiger partial charge on any atom is -0.496 e. The van der Waals surface area contributed by atoms with Gasteiger partial charge in [-0.2, -0.15) is 0 Å². The quantitative estimate of drug-likeness (QED) is 0.908. The van der Waals surface area contributed by atoms with Crippen molar-refractivity contribution in [2.45, 2.75) is 26.8 Å². The highest BCUT2D eigenvalue weighted by Gasteiger charge is 2.17. The van der Waals surface area contributed by atoms with E-state index in [1.165, 1.54) is 5.56 Å². The standard InChI is InChI=1S/C15H20N2OS/c1-5-16-14(15-17-11(3)9-19-15)12-6-7-13(18-4)10(2)8-12/h6-9,14,16H,5H2,1-4H3. The maximum absolute atomic E-state index is 5.32. The van der Waals surface area contributed by atoms with Crippen LogP contribution in [0.2, 0.25) is 0 Å². The smallest absolute Gasteiger partial charge is 0.121 e. The van der Waals surface area contributed by atoms with Crippen molar-refractivity contribution in [1.82, 2.24) is 10.3 Å². The van der Waals surface area contributed by atoms with Gasteiger partial charge in [0.25, 0.3) is 0 Å². The Labute approximate surface area is 118 Å². The van der Waals surface area contributed by atoms with E-state index >= 15 is 0 Å². The number of nitrogens with zero attached hydrogens (tertiary/aromatic N) is 1. The fraction of sp³-hybridized carbons (Fsp3) is 0.400. The molecule has 4 heteroatoms. The second-order valence-corrected chi connectivity index (χ2v) is 5.44. The number of methoxy groups -OCH3 is 1. The van der Waals surface area contributed by atoms with E-state index in [0.717, 1.165) is 28.6 Å². The molecule has 2 aromatic rings. The zero-order valence-electron chi connectivity index (χ0n) is 11.9. The Kier molecular flexibility index (Phi) is 4.56. The fourth-order valence-electron chi connectivity index (χ4n) is 2.14. The van der Waals surface area contributed by atoms with Crippen LogP contribution in [-0.2, 0) is 0 Å². The van der Waals surface area contributed by atoms with Crippen molar-refractivity contribution >= 4 is 11.3 Å². The van der Waals surface area contributed by atoms with E-state index in [1.807, 2.05) is 13.0 Å².